The summed E-state index contributed by atoms with van der Waals surface area (Å²) in [5, 5.41) is 9.06. The molecule has 182 valence electrons. The number of rotatable bonds is 9. The van der Waals surface area contributed by atoms with Gasteiger partial charge < -0.3 is 14.8 Å². The number of nitrogens with one attached hydrogen (secondary N) is 1. The summed E-state index contributed by atoms with van der Waals surface area (Å²) in [5.74, 6) is 0.104. The molecule has 4 rings (SSSR count). The molecule has 1 fully saturated rings. The van der Waals surface area contributed by atoms with Crippen LogP contribution in [-0.2, 0) is 11.3 Å². The average molecular weight is 464 g/mol. The van der Waals surface area contributed by atoms with Crippen LogP contribution in [0.3, 0.4) is 0 Å². The maximum Gasteiger partial charge on any atom is 0.281 e. The second kappa shape index (κ2) is 11.0. The molecule has 1 aromatic carbocycles. The molecule has 2 aromatic heterocycles. The monoisotopic (exact) mass is 463 g/mol. The van der Waals surface area contributed by atoms with Gasteiger partial charge in [0.1, 0.15) is 0 Å². The Morgan fingerprint density at radius 1 is 1.09 bits per heavy atom. The van der Waals surface area contributed by atoms with E-state index in [9.17, 15) is 9.59 Å². The number of aryl methyl sites for hydroxylation is 2. The van der Waals surface area contributed by atoms with Crippen molar-refractivity contribution in [2.75, 3.05) is 19.6 Å². The van der Waals surface area contributed by atoms with Gasteiger partial charge in [-0.3, -0.25) is 9.59 Å². The molecular weight excluding hydrogens is 426 g/mol. The Bertz CT molecular complexity index is 1180. The Hall–Kier alpha value is -2.93. The highest BCUT2D eigenvalue weighted by atomic mass is 16.1. The summed E-state index contributed by atoms with van der Waals surface area (Å²) < 4.78 is 3.60. The fraction of sp³-hybridized carbons (Fsp3) is 0.519. The summed E-state index contributed by atoms with van der Waals surface area (Å²) in [4.78, 5) is 28.1. The SMILES string of the molecule is Cc1c2cnn(-c3ccccc3)c(=O)c2c(C)n1CCCC(=O)NCCCN1CCCCC1C. The maximum absolute atomic E-state index is 13.2. The molecular formula is C27H37N5O2. The Kier molecular flexibility index (Phi) is 7.83. The summed E-state index contributed by atoms with van der Waals surface area (Å²) in [6.45, 7) is 9.99. The van der Waals surface area contributed by atoms with Crippen LogP contribution in [0.5, 0.6) is 0 Å². The molecule has 1 aliphatic rings. The van der Waals surface area contributed by atoms with Gasteiger partial charge in [0.15, 0.2) is 0 Å². The van der Waals surface area contributed by atoms with Crippen molar-refractivity contribution in [1.29, 1.82) is 0 Å². The zero-order chi connectivity index (χ0) is 24.1. The molecule has 34 heavy (non-hydrogen) atoms. The summed E-state index contributed by atoms with van der Waals surface area (Å²) in [5.41, 5.74) is 2.60. The summed E-state index contributed by atoms with van der Waals surface area (Å²) in [6, 6.07) is 10.1. The van der Waals surface area contributed by atoms with Crippen LogP contribution in [0.4, 0.5) is 0 Å². The first-order valence-electron chi connectivity index (χ1n) is 12.6. The number of hydrogen-bond donors (Lipinski definition) is 1. The highest BCUT2D eigenvalue weighted by Crippen LogP contribution is 2.23. The molecule has 7 heteroatoms. The van der Waals surface area contributed by atoms with Crippen molar-refractivity contribution in [3.63, 3.8) is 0 Å². The van der Waals surface area contributed by atoms with E-state index in [4.69, 9.17) is 0 Å². The van der Waals surface area contributed by atoms with Crippen molar-refractivity contribution in [3.8, 4) is 5.69 Å². The van der Waals surface area contributed by atoms with Crippen LogP contribution in [-0.4, -0.2) is 50.8 Å². The van der Waals surface area contributed by atoms with Gasteiger partial charge in [0.05, 0.1) is 17.3 Å². The summed E-state index contributed by atoms with van der Waals surface area (Å²) in [7, 11) is 0. The van der Waals surface area contributed by atoms with Crippen molar-refractivity contribution < 1.29 is 4.79 Å². The highest BCUT2D eigenvalue weighted by Gasteiger charge is 2.18. The van der Waals surface area contributed by atoms with E-state index in [2.05, 4.69) is 26.8 Å². The van der Waals surface area contributed by atoms with Crippen molar-refractivity contribution in [3.05, 3.63) is 58.3 Å². The molecule has 1 saturated heterocycles. The van der Waals surface area contributed by atoms with E-state index < -0.39 is 0 Å². The van der Waals surface area contributed by atoms with Crippen LogP contribution in [0.1, 0.15) is 56.8 Å². The number of carbonyl (C=O) groups excluding carboxylic acids is 1. The van der Waals surface area contributed by atoms with E-state index in [1.807, 2.05) is 44.2 Å². The number of carbonyl (C=O) groups is 1. The molecule has 0 spiro atoms. The third-order valence-corrected chi connectivity index (χ3v) is 7.21. The Morgan fingerprint density at radius 3 is 2.65 bits per heavy atom. The number of aromatic nitrogens is 3. The van der Waals surface area contributed by atoms with Gasteiger partial charge in [-0.2, -0.15) is 9.78 Å². The predicted molar refractivity (Wildman–Crippen MR) is 137 cm³/mol. The molecule has 3 heterocycles. The quantitative estimate of drug-likeness (QED) is 0.488. The topological polar surface area (TPSA) is 72.2 Å². The van der Waals surface area contributed by atoms with E-state index in [0.29, 0.717) is 24.4 Å². The van der Waals surface area contributed by atoms with Gasteiger partial charge in [-0.1, -0.05) is 24.6 Å². The second-order valence-corrected chi connectivity index (χ2v) is 9.50. The first-order chi connectivity index (χ1) is 16.5. The molecule has 1 atom stereocenters. The second-order valence-electron chi connectivity index (χ2n) is 9.50. The molecule has 3 aromatic rings. The lowest BCUT2D eigenvalue weighted by molar-refractivity contribution is -0.121. The van der Waals surface area contributed by atoms with E-state index in [0.717, 1.165) is 48.4 Å². The van der Waals surface area contributed by atoms with Crippen LogP contribution in [0.2, 0.25) is 0 Å². The number of hydrogen-bond acceptors (Lipinski definition) is 4. The van der Waals surface area contributed by atoms with Gasteiger partial charge in [-0.05, 0) is 65.1 Å². The number of nitrogens with zero attached hydrogens (tertiary/aromatic N) is 4. The van der Waals surface area contributed by atoms with Gasteiger partial charge in [-0.15, -0.1) is 0 Å². The number of likely N-dealkylation sites (tertiary alicyclic amines) is 1. The standard InChI is InChI=1S/C27H37N5O2/c1-20-11-7-8-16-30(20)17-10-15-28-25(33)14-9-18-31-21(2)24-19-29-32(23-12-5-4-6-13-23)27(34)26(24)22(31)3/h4-6,12-13,19-20H,7-11,14-18H2,1-3H3,(H,28,33). The molecule has 7 nitrogen and oxygen atoms in total. The molecule has 1 unspecified atom stereocenters. The lowest BCUT2D eigenvalue weighted by atomic mass is 10.0. The fourth-order valence-corrected chi connectivity index (χ4v) is 5.18. The largest absolute Gasteiger partial charge is 0.356 e. The van der Waals surface area contributed by atoms with Gasteiger partial charge in [-0.25, -0.2) is 0 Å². The third-order valence-electron chi connectivity index (χ3n) is 7.21. The molecule has 0 radical (unpaired) electrons. The zero-order valence-electron chi connectivity index (χ0n) is 20.7. The number of piperidine rings is 1. The van der Waals surface area contributed by atoms with Crippen molar-refractivity contribution in [1.82, 2.24) is 24.6 Å². The van der Waals surface area contributed by atoms with Crippen LogP contribution in [0, 0.1) is 13.8 Å². The Labute approximate surface area is 201 Å². The van der Waals surface area contributed by atoms with E-state index >= 15 is 0 Å². The van der Waals surface area contributed by atoms with Crippen LogP contribution < -0.4 is 10.9 Å². The van der Waals surface area contributed by atoms with Crippen LogP contribution >= 0.6 is 0 Å². The first-order valence-corrected chi connectivity index (χ1v) is 12.6. The van der Waals surface area contributed by atoms with E-state index in [1.165, 1.54) is 30.5 Å². The minimum Gasteiger partial charge on any atom is -0.356 e. The smallest absolute Gasteiger partial charge is 0.281 e. The molecule has 0 aliphatic carbocycles. The number of fused-ring (bicyclic) bond motifs is 1. The number of para-hydroxylation sites is 1. The molecule has 0 saturated carbocycles. The zero-order valence-corrected chi connectivity index (χ0v) is 20.7. The molecule has 0 bridgehead atoms. The van der Waals surface area contributed by atoms with E-state index in [1.54, 1.807) is 6.20 Å². The van der Waals surface area contributed by atoms with Gasteiger partial charge in [0.25, 0.3) is 5.56 Å². The predicted octanol–water partition coefficient (Wildman–Crippen LogP) is 3.96. The number of amides is 1. The Morgan fingerprint density at radius 2 is 1.88 bits per heavy atom. The lowest BCUT2D eigenvalue weighted by Gasteiger charge is -2.33. The molecule has 1 N–H and O–H groups in total. The molecule has 1 aliphatic heterocycles. The van der Waals surface area contributed by atoms with Crippen molar-refractivity contribution in [2.24, 2.45) is 0 Å². The first kappa shape index (κ1) is 24.2. The fourth-order valence-electron chi connectivity index (χ4n) is 5.18. The highest BCUT2D eigenvalue weighted by molar-refractivity contribution is 5.87. The van der Waals surface area contributed by atoms with Gasteiger partial charge in [0, 0.05) is 48.9 Å². The summed E-state index contributed by atoms with van der Waals surface area (Å²) >= 11 is 0. The van der Waals surface area contributed by atoms with Crippen LogP contribution in [0.15, 0.2) is 41.3 Å². The summed E-state index contributed by atoms with van der Waals surface area (Å²) in [6.07, 6.45) is 7.91. The van der Waals surface area contributed by atoms with E-state index in [-0.39, 0.29) is 11.5 Å². The lowest BCUT2D eigenvalue weighted by Crippen LogP contribution is -2.39. The van der Waals surface area contributed by atoms with Crippen LogP contribution in [0.25, 0.3) is 16.5 Å². The Balaban J connectivity index is 1.32. The normalized spacial score (nSPS) is 16.7. The number of benzene rings is 1. The van der Waals surface area contributed by atoms with Crippen molar-refractivity contribution >= 4 is 16.7 Å². The maximum atomic E-state index is 13.2. The third kappa shape index (κ3) is 5.25. The molecule has 1 amide bonds. The minimum atomic E-state index is -0.108. The van der Waals surface area contributed by atoms with Gasteiger partial charge in [0.2, 0.25) is 5.91 Å². The van der Waals surface area contributed by atoms with Gasteiger partial charge >= 0.3 is 0 Å². The average Bonchev–Trinajstić information content (AvgIpc) is 3.09. The van der Waals surface area contributed by atoms with Crippen molar-refractivity contribution in [2.45, 2.75) is 71.9 Å². The minimum absolute atomic E-state index is 0.104.